The summed E-state index contributed by atoms with van der Waals surface area (Å²) in [5, 5.41) is 23.0. The zero-order valence-corrected chi connectivity index (χ0v) is 10.5. The lowest BCUT2D eigenvalue weighted by molar-refractivity contribution is -0.385. The Kier molecular flexibility index (Phi) is 4.78. The molecule has 0 saturated heterocycles. The molecule has 0 spiro atoms. The monoisotopic (exact) mass is 256 g/mol. The maximum Gasteiger partial charge on any atom is 0.372 e. The predicted molar refractivity (Wildman–Crippen MR) is 64.6 cm³/mol. The van der Waals surface area contributed by atoms with Crippen molar-refractivity contribution < 1.29 is 14.8 Å². The third kappa shape index (κ3) is 3.04. The Morgan fingerprint density at radius 2 is 2.22 bits per heavy atom. The van der Waals surface area contributed by atoms with E-state index in [2.05, 4.69) is 15.3 Å². The minimum absolute atomic E-state index is 0.0413. The van der Waals surface area contributed by atoms with Gasteiger partial charge in [0.25, 0.3) is 5.88 Å². The molecule has 0 saturated carbocycles. The zero-order valence-electron chi connectivity index (χ0n) is 10.5. The van der Waals surface area contributed by atoms with Crippen molar-refractivity contribution in [3.05, 3.63) is 16.4 Å². The van der Waals surface area contributed by atoms with E-state index in [0.717, 1.165) is 0 Å². The minimum atomic E-state index is -0.615. The van der Waals surface area contributed by atoms with Crippen molar-refractivity contribution in [2.45, 2.75) is 19.9 Å². The average molecular weight is 256 g/mol. The van der Waals surface area contributed by atoms with E-state index in [1.54, 1.807) is 0 Å². The number of hydrogen-bond acceptors (Lipinski definition) is 7. The first-order valence-corrected chi connectivity index (χ1v) is 5.42. The van der Waals surface area contributed by atoms with Crippen molar-refractivity contribution in [1.29, 1.82) is 0 Å². The topological polar surface area (TPSA) is 110 Å². The largest absolute Gasteiger partial charge is 0.476 e. The van der Waals surface area contributed by atoms with Crippen LogP contribution in [0.25, 0.3) is 0 Å². The summed E-state index contributed by atoms with van der Waals surface area (Å²) in [4.78, 5) is 17.9. The van der Waals surface area contributed by atoms with Crippen LogP contribution in [0.4, 0.5) is 11.5 Å². The van der Waals surface area contributed by atoms with E-state index < -0.39 is 4.92 Å². The lowest BCUT2D eigenvalue weighted by Crippen LogP contribution is -2.30. The van der Waals surface area contributed by atoms with E-state index in [4.69, 9.17) is 4.74 Å². The summed E-state index contributed by atoms with van der Waals surface area (Å²) in [5.74, 6) is 0.0214. The van der Waals surface area contributed by atoms with Gasteiger partial charge in [0.05, 0.1) is 24.7 Å². The summed E-state index contributed by atoms with van der Waals surface area (Å²) in [5.41, 5.74) is -0.334. The van der Waals surface area contributed by atoms with Crippen molar-refractivity contribution in [3.63, 3.8) is 0 Å². The zero-order chi connectivity index (χ0) is 13.7. The lowest BCUT2D eigenvalue weighted by Gasteiger charge is -2.20. The van der Waals surface area contributed by atoms with Gasteiger partial charge in [-0.1, -0.05) is 13.8 Å². The van der Waals surface area contributed by atoms with Crippen LogP contribution in [0.3, 0.4) is 0 Å². The summed E-state index contributed by atoms with van der Waals surface area (Å²) in [6.45, 7) is 3.62. The number of methoxy groups -OCH3 is 1. The molecule has 0 amide bonds. The van der Waals surface area contributed by atoms with Crippen molar-refractivity contribution in [3.8, 4) is 5.88 Å². The van der Waals surface area contributed by atoms with E-state index in [0.29, 0.717) is 0 Å². The number of aromatic nitrogens is 2. The number of nitrogens with one attached hydrogen (secondary N) is 1. The van der Waals surface area contributed by atoms with Gasteiger partial charge in [0.15, 0.2) is 0 Å². The van der Waals surface area contributed by atoms with Gasteiger partial charge >= 0.3 is 5.69 Å². The average Bonchev–Trinajstić information content (AvgIpc) is 2.34. The summed E-state index contributed by atoms with van der Waals surface area (Å²) >= 11 is 0. The molecule has 0 aliphatic rings. The van der Waals surface area contributed by atoms with Crippen LogP contribution in [0, 0.1) is 16.0 Å². The molecular weight excluding hydrogens is 240 g/mol. The highest BCUT2D eigenvalue weighted by atomic mass is 16.6. The number of aliphatic hydroxyl groups excluding tert-OH is 1. The quantitative estimate of drug-likeness (QED) is 0.572. The van der Waals surface area contributed by atoms with Crippen LogP contribution >= 0.6 is 0 Å². The number of anilines is 1. The smallest absolute Gasteiger partial charge is 0.372 e. The van der Waals surface area contributed by atoms with E-state index >= 15 is 0 Å². The number of nitrogens with zero attached hydrogens (tertiary/aromatic N) is 3. The second kappa shape index (κ2) is 6.10. The van der Waals surface area contributed by atoms with Crippen LogP contribution in [0.1, 0.15) is 13.8 Å². The van der Waals surface area contributed by atoms with Gasteiger partial charge in [0, 0.05) is 0 Å². The number of rotatable bonds is 6. The Balaban J connectivity index is 3.12. The van der Waals surface area contributed by atoms with Gasteiger partial charge < -0.3 is 15.2 Å². The molecule has 8 nitrogen and oxygen atoms in total. The molecule has 0 aliphatic carbocycles. The fraction of sp³-hybridized carbons (Fsp3) is 0.600. The Morgan fingerprint density at radius 3 is 2.67 bits per heavy atom. The second-order valence-electron chi connectivity index (χ2n) is 4.01. The fourth-order valence-corrected chi connectivity index (χ4v) is 1.38. The molecule has 0 aliphatic heterocycles. The molecule has 0 fully saturated rings. The lowest BCUT2D eigenvalue weighted by atomic mass is 10.1. The van der Waals surface area contributed by atoms with Crippen LogP contribution in [-0.2, 0) is 0 Å². The van der Waals surface area contributed by atoms with E-state index in [-0.39, 0.29) is 36.0 Å². The maximum absolute atomic E-state index is 11.0. The molecule has 100 valence electrons. The van der Waals surface area contributed by atoms with Gasteiger partial charge in [0.2, 0.25) is 5.82 Å². The molecule has 2 N–H and O–H groups in total. The Hall–Kier alpha value is -1.96. The molecule has 0 unspecified atom stereocenters. The standard InChI is InChI=1S/C10H16N4O4/c1-6(2)7(4-15)13-9-8(14(16)17)10(18-3)12-5-11-9/h5-7,15H,4H2,1-3H3,(H,11,12,13)/t7-/m1/s1. The molecule has 1 rings (SSSR count). The summed E-state index contributed by atoms with van der Waals surface area (Å²) in [6.07, 6.45) is 1.17. The van der Waals surface area contributed by atoms with E-state index in [9.17, 15) is 15.2 Å². The van der Waals surface area contributed by atoms with Gasteiger partial charge in [-0.15, -0.1) is 0 Å². The molecule has 0 aromatic carbocycles. The van der Waals surface area contributed by atoms with Crippen molar-refractivity contribution in [2.75, 3.05) is 19.0 Å². The van der Waals surface area contributed by atoms with Crippen LogP contribution in [0.15, 0.2) is 6.33 Å². The predicted octanol–water partition coefficient (Wildman–Crippen LogP) is 0.822. The molecular formula is C10H16N4O4. The van der Waals surface area contributed by atoms with Crippen LogP contribution < -0.4 is 10.1 Å². The molecule has 18 heavy (non-hydrogen) atoms. The molecule has 8 heteroatoms. The highest BCUT2D eigenvalue weighted by molar-refractivity contribution is 5.61. The number of ether oxygens (including phenoxy) is 1. The van der Waals surface area contributed by atoms with Crippen molar-refractivity contribution >= 4 is 11.5 Å². The summed E-state index contributed by atoms with van der Waals surface area (Å²) in [6, 6.07) is -0.330. The SMILES string of the molecule is COc1ncnc(N[C@H](CO)C(C)C)c1[N+](=O)[O-]. The highest BCUT2D eigenvalue weighted by Gasteiger charge is 2.26. The van der Waals surface area contributed by atoms with Gasteiger partial charge in [-0.05, 0) is 5.92 Å². The van der Waals surface area contributed by atoms with Crippen molar-refractivity contribution in [1.82, 2.24) is 9.97 Å². The Labute approximate surface area is 104 Å². The summed E-state index contributed by atoms with van der Waals surface area (Å²) in [7, 11) is 1.30. The summed E-state index contributed by atoms with van der Waals surface area (Å²) < 4.78 is 4.83. The Morgan fingerprint density at radius 1 is 1.56 bits per heavy atom. The van der Waals surface area contributed by atoms with Gasteiger partial charge in [-0.25, -0.2) is 4.98 Å². The number of nitro groups is 1. The molecule has 1 aromatic rings. The first-order chi connectivity index (χ1) is 8.51. The molecule has 1 aromatic heterocycles. The molecule has 0 bridgehead atoms. The van der Waals surface area contributed by atoms with Gasteiger partial charge in [-0.2, -0.15) is 4.98 Å². The molecule has 0 radical (unpaired) electrons. The van der Waals surface area contributed by atoms with Gasteiger partial charge in [-0.3, -0.25) is 10.1 Å². The van der Waals surface area contributed by atoms with Crippen LogP contribution in [0.5, 0.6) is 5.88 Å². The molecule has 1 heterocycles. The van der Waals surface area contributed by atoms with E-state index in [1.165, 1.54) is 13.4 Å². The minimum Gasteiger partial charge on any atom is -0.476 e. The number of aliphatic hydroxyl groups is 1. The first kappa shape index (κ1) is 14.1. The second-order valence-corrected chi connectivity index (χ2v) is 4.01. The Bertz CT molecular complexity index is 424. The normalized spacial score (nSPS) is 12.3. The maximum atomic E-state index is 11.0. The fourth-order valence-electron chi connectivity index (χ4n) is 1.38. The van der Waals surface area contributed by atoms with Crippen molar-refractivity contribution in [2.24, 2.45) is 5.92 Å². The number of hydrogen-bond donors (Lipinski definition) is 2. The van der Waals surface area contributed by atoms with E-state index in [1.807, 2.05) is 13.8 Å². The van der Waals surface area contributed by atoms with Crippen LogP contribution in [0.2, 0.25) is 0 Å². The van der Waals surface area contributed by atoms with Crippen LogP contribution in [-0.4, -0.2) is 39.8 Å². The van der Waals surface area contributed by atoms with Gasteiger partial charge in [0.1, 0.15) is 6.33 Å². The molecule has 1 atom stereocenters. The first-order valence-electron chi connectivity index (χ1n) is 5.42. The third-order valence-corrected chi connectivity index (χ3v) is 2.49. The third-order valence-electron chi connectivity index (χ3n) is 2.49. The highest BCUT2D eigenvalue weighted by Crippen LogP contribution is 2.31.